The summed E-state index contributed by atoms with van der Waals surface area (Å²) in [5.41, 5.74) is 1.47. The maximum atomic E-state index is 11.3. The molecule has 106 valence electrons. The normalized spacial score (nSPS) is 18.4. The van der Waals surface area contributed by atoms with Crippen molar-refractivity contribution in [1.82, 2.24) is 4.98 Å². The quantitative estimate of drug-likeness (QED) is 0.767. The average Bonchev–Trinajstić information content (AvgIpc) is 2.47. The second-order valence-corrected chi connectivity index (χ2v) is 4.66. The van der Waals surface area contributed by atoms with E-state index in [2.05, 4.69) is 15.8 Å². The van der Waals surface area contributed by atoms with Gasteiger partial charge in [0, 0.05) is 19.3 Å². The molecule has 6 heteroatoms. The number of carbonyl (C=O) groups excluding carboxylic acids is 1. The van der Waals surface area contributed by atoms with E-state index in [1.54, 1.807) is 6.20 Å². The van der Waals surface area contributed by atoms with Gasteiger partial charge in [0.1, 0.15) is 11.9 Å². The molecule has 20 heavy (non-hydrogen) atoms. The predicted octanol–water partition coefficient (Wildman–Crippen LogP) is 1.03. The van der Waals surface area contributed by atoms with Crippen molar-refractivity contribution < 1.29 is 14.3 Å². The van der Waals surface area contributed by atoms with Crippen molar-refractivity contribution in [2.45, 2.75) is 19.4 Å². The lowest BCUT2D eigenvalue weighted by atomic mass is 10.1. The van der Waals surface area contributed by atoms with Gasteiger partial charge in [-0.1, -0.05) is 0 Å². The largest absolute Gasteiger partial charge is 0.469 e. The number of hydrogen-bond acceptors (Lipinski definition) is 6. The first kappa shape index (κ1) is 14.3. The summed E-state index contributed by atoms with van der Waals surface area (Å²) in [6, 6.07) is 4.01. The third-order valence-electron chi connectivity index (χ3n) is 3.31. The average molecular weight is 275 g/mol. The first-order chi connectivity index (χ1) is 9.65. The van der Waals surface area contributed by atoms with Gasteiger partial charge >= 0.3 is 5.97 Å². The molecule has 0 saturated carbocycles. The van der Waals surface area contributed by atoms with Crippen LogP contribution in [0.5, 0.6) is 0 Å². The first-order valence-corrected chi connectivity index (χ1v) is 6.44. The number of anilines is 1. The van der Waals surface area contributed by atoms with Gasteiger partial charge in [0.2, 0.25) is 0 Å². The summed E-state index contributed by atoms with van der Waals surface area (Å²) in [6.45, 7) is 3.57. The Morgan fingerprint density at radius 1 is 1.70 bits per heavy atom. The molecule has 1 unspecified atom stereocenters. The highest BCUT2D eigenvalue weighted by molar-refractivity contribution is 5.70. The zero-order valence-corrected chi connectivity index (χ0v) is 11.6. The van der Waals surface area contributed by atoms with Gasteiger partial charge in [-0.2, -0.15) is 5.26 Å². The molecule has 1 aromatic heterocycles. The number of rotatable bonds is 3. The number of aryl methyl sites for hydroxylation is 1. The van der Waals surface area contributed by atoms with Crippen LogP contribution in [0.4, 0.5) is 5.82 Å². The molecule has 0 spiro atoms. The van der Waals surface area contributed by atoms with Crippen molar-refractivity contribution in [2.75, 3.05) is 31.7 Å². The topological polar surface area (TPSA) is 75.5 Å². The van der Waals surface area contributed by atoms with Gasteiger partial charge in [-0.25, -0.2) is 4.98 Å². The van der Waals surface area contributed by atoms with Crippen molar-refractivity contribution in [1.29, 1.82) is 5.26 Å². The van der Waals surface area contributed by atoms with E-state index in [1.807, 2.05) is 17.9 Å². The Labute approximate surface area is 117 Å². The molecule has 1 atom stereocenters. The Morgan fingerprint density at radius 3 is 3.20 bits per heavy atom. The molecule has 2 heterocycles. The van der Waals surface area contributed by atoms with Crippen molar-refractivity contribution in [2.24, 2.45) is 0 Å². The number of nitriles is 1. The van der Waals surface area contributed by atoms with Crippen molar-refractivity contribution >= 4 is 11.8 Å². The van der Waals surface area contributed by atoms with Gasteiger partial charge in [0.25, 0.3) is 0 Å². The van der Waals surface area contributed by atoms with E-state index in [1.165, 1.54) is 7.11 Å². The van der Waals surface area contributed by atoms with E-state index in [0.717, 1.165) is 5.56 Å². The summed E-state index contributed by atoms with van der Waals surface area (Å²) in [5.74, 6) is 0.361. The third-order valence-corrected chi connectivity index (χ3v) is 3.31. The highest BCUT2D eigenvalue weighted by atomic mass is 16.5. The molecule has 0 aromatic carbocycles. The number of hydrogen-bond donors (Lipinski definition) is 0. The van der Waals surface area contributed by atoms with E-state index in [-0.39, 0.29) is 18.5 Å². The molecule has 6 nitrogen and oxygen atoms in total. The molecule has 1 fully saturated rings. The number of ether oxygens (including phenoxy) is 2. The molecule has 0 aliphatic carbocycles. The Kier molecular flexibility index (Phi) is 4.53. The third kappa shape index (κ3) is 3.06. The number of methoxy groups -OCH3 is 1. The molecule has 1 aromatic rings. The second kappa shape index (κ2) is 6.35. The van der Waals surface area contributed by atoms with Crippen molar-refractivity contribution in [3.63, 3.8) is 0 Å². The molecular formula is C14H17N3O3. The monoisotopic (exact) mass is 275 g/mol. The molecule has 0 N–H and O–H groups in total. The standard InChI is InChI=1S/C14H17N3O3/c1-10-3-4-16-14(12(10)8-15)17-5-6-20-11(9-17)7-13(18)19-2/h3-4,11H,5-7,9H2,1-2H3. The van der Waals surface area contributed by atoms with Crippen LogP contribution in [0.25, 0.3) is 0 Å². The molecule has 1 saturated heterocycles. The predicted molar refractivity (Wildman–Crippen MR) is 72.3 cm³/mol. The number of esters is 1. The molecule has 0 amide bonds. The summed E-state index contributed by atoms with van der Waals surface area (Å²) >= 11 is 0. The van der Waals surface area contributed by atoms with Crippen LogP contribution in [-0.4, -0.2) is 43.9 Å². The van der Waals surface area contributed by atoms with Gasteiger partial charge < -0.3 is 14.4 Å². The van der Waals surface area contributed by atoms with Crippen LogP contribution >= 0.6 is 0 Å². The molecule has 1 aliphatic rings. The number of carbonyl (C=O) groups is 1. The maximum Gasteiger partial charge on any atom is 0.308 e. The Balaban J connectivity index is 2.15. The highest BCUT2D eigenvalue weighted by Gasteiger charge is 2.25. The molecule has 0 bridgehead atoms. The summed E-state index contributed by atoms with van der Waals surface area (Å²) in [7, 11) is 1.36. The van der Waals surface area contributed by atoms with Gasteiger partial charge in [-0.15, -0.1) is 0 Å². The summed E-state index contributed by atoms with van der Waals surface area (Å²) < 4.78 is 10.2. The van der Waals surface area contributed by atoms with Crippen LogP contribution in [0, 0.1) is 18.3 Å². The zero-order valence-electron chi connectivity index (χ0n) is 11.6. The van der Waals surface area contributed by atoms with Crippen LogP contribution in [0.15, 0.2) is 12.3 Å². The number of aromatic nitrogens is 1. The van der Waals surface area contributed by atoms with Crippen molar-refractivity contribution in [3.8, 4) is 6.07 Å². The SMILES string of the molecule is COC(=O)CC1CN(c2nccc(C)c2C#N)CCO1. The lowest BCUT2D eigenvalue weighted by Gasteiger charge is -2.33. The summed E-state index contributed by atoms with van der Waals surface area (Å²) in [5, 5.41) is 9.26. The Bertz CT molecular complexity index is 539. The molecule has 1 aliphatic heterocycles. The minimum Gasteiger partial charge on any atom is -0.469 e. The van der Waals surface area contributed by atoms with Crippen LogP contribution in [0.3, 0.4) is 0 Å². The number of pyridine rings is 1. The lowest BCUT2D eigenvalue weighted by Crippen LogP contribution is -2.44. The minimum absolute atomic E-state index is 0.209. The van der Waals surface area contributed by atoms with E-state index in [4.69, 9.17) is 4.74 Å². The second-order valence-electron chi connectivity index (χ2n) is 4.66. The van der Waals surface area contributed by atoms with Crippen LogP contribution in [0.1, 0.15) is 17.5 Å². The zero-order chi connectivity index (χ0) is 14.5. The molecule has 0 radical (unpaired) electrons. The molecule has 2 rings (SSSR count). The lowest BCUT2D eigenvalue weighted by molar-refractivity contribution is -0.144. The van der Waals surface area contributed by atoms with Crippen LogP contribution < -0.4 is 4.90 Å². The van der Waals surface area contributed by atoms with E-state index in [9.17, 15) is 10.1 Å². The fraction of sp³-hybridized carbons (Fsp3) is 0.500. The number of nitrogens with zero attached hydrogens (tertiary/aromatic N) is 3. The Morgan fingerprint density at radius 2 is 2.50 bits per heavy atom. The highest BCUT2D eigenvalue weighted by Crippen LogP contribution is 2.22. The van der Waals surface area contributed by atoms with Gasteiger partial charge in [-0.3, -0.25) is 4.79 Å². The first-order valence-electron chi connectivity index (χ1n) is 6.44. The molecular weight excluding hydrogens is 258 g/mol. The Hall–Kier alpha value is -2.13. The summed E-state index contributed by atoms with van der Waals surface area (Å²) in [4.78, 5) is 17.6. The smallest absolute Gasteiger partial charge is 0.308 e. The summed E-state index contributed by atoms with van der Waals surface area (Å²) in [6.07, 6.45) is 1.67. The van der Waals surface area contributed by atoms with Gasteiger partial charge in [0.15, 0.2) is 0 Å². The van der Waals surface area contributed by atoms with E-state index < -0.39 is 0 Å². The number of morpholine rings is 1. The fourth-order valence-corrected chi connectivity index (χ4v) is 2.23. The van der Waals surface area contributed by atoms with Gasteiger partial charge in [-0.05, 0) is 18.6 Å². The van der Waals surface area contributed by atoms with E-state index in [0.29, 0.717) is 31.1 Å². The van der Waals surface area contributed by atoms with Crippen LogP contribution in [-0.2, 0) is 14.3 Å². The minimum atomic E-state index is -0.297. The van der Waals surface area contributed by atoms with Gasteiger partial charge in [0.05, 0.1) is 31.8 Å². The van der Waals surface area contributed by atoms with E-state index >= 15 is 0 Å². The maximum absolute atomic E-state index is 11.3. The fourth-order valence-electron chi connectivity index (χ4n) is 2.23. The van der Waals surface area contributed by atoms with Crippen molar-refractivity contribution in [3.05, 3.63) is 23.4 Å². The van der Waals surface area contributed by atoms with Crippen LogP contribution in [0.2, 0.25) is 0 Å².